The number of hydrogen-bond donors (Lipinski definition) is 0. The molecular formula is C22H26N2O3. The van der Waals surface area contributed by atoms with Crippen molar-refractivity contribution in [2.24, 2.45) is 0 Å². The number of hydrogen-bond acceptors (Lipinski definition) is 4. The van der Waals surface area contributed by atoms with Gasteiger partial charge in [0.15, 0.2) is 11.5 Å². The molecule has 1 amide bonds. The predicted molar refractivity (Wildman–Crippen MR) is 103 cm³/mol. The Balaban J connectivity index is 1.77. The molecule has 0 radical (unpaired) electrons. The summed E-state index contributed by atoms with van der Waals surface area (Å²) < 4.78 is 11.1. The highest BCUT2D eigenvalue weighted by Crippen LogP contribution is 2.47. The molecule has 4 rings (SSSR count). The lowest BCUT2D eigenvalue weighted by atomic mass is 9.66. The van der Waals surface area contributed by atoms with E-state index < -0.39 is 0 Å². The molecule has 0 bridgehead atoms. The Morgan fingerprint density at radius 1 is 1.11 bits per heavy atom. The quantitative estimate of drug-likeness (QED) is 0.825. The number of ether oxygens (including phenoxy) is 2. The average molecular weight is 366 g/mol. The number of methoxy groups -OCH3 is 2. The van der Waals surface area contributed by atoms with Gasteiger partial charge in [0.25, 0.3) is 5.91 Å². The molecule has 1 saturated carbocycles. The van der Waals surface area contributed by atoms with Crippen LogP contribution in [0.2, 0.25) is 0 Å². The van der Waals surface area contributed by atoms with E-state index in [1.165, 1.54) is 24.8 Å². The number of nitrogens with zero attached hydrogens (tertiary/aromatic N) is 2. The molecule has 1 aromatic carbocycles. The number of benzene rings is 1. The summed E-state index contributed by atoms with van der Waals surface area (Å²) in [7, 11) is 3.33. The van der Waals surface area contributed by atoms with Crippen molar-refractivity contribution in [3.8, 4) is 11.5 Å². The van der Waals surface area contributed by atoms with Gasteiger partial charge in [0.2, 0.25) is 0 Å². The fourth-order valence-electron chi connectivity index (χ4n) is 4.73. The van der Waals surface area contributed by atoms with E-state index >= 15 is 0 Å². The number of carbonyl (C=O) groups is 1. The Kier molecular flexibility index (Phi) is 4.77. The lowest BCUT2D eigenvalue weighted by molar-refractivity contribution is 0.0634. The zero-order valence-electron chi connectivity index (χ0n) is 16.0. The highest BCUT2D eigenvalue weighted by molar-refractivity contribution is 5.94. The molecule has 1 aromatic heterocycles. The van der Waals surface area contributed by atoms with E-state index in [4.69, 9.17) is 9.47 Å². The van der Waals surface area contributed by atoms with Gasteiger partial charge in [0.1, 0.15) is 0 Å². The molecule has 1 aliphatic heterocycles. The van der Waals surface area contributed by atoms with Crippen LogP contribution in [0.4, 0.5) is 0 Å². The van der Waals surface area contributed by atoms with Gasteiger partial charge in [-0.2, -0.15) is 0 Å². The molecule has 1 fully saturated rings. The van der Waals surface area contributed by atoms with E-state index in [-0.39, 0.29) is 11.3 Å². The minimum Gasteiger partial charge on any atom is -0.493 e. The van der Waals surface area contributed by atoms with Crippen LogP contribution in [0.15, 0.2) is 36.7 Å². The van der Waals surface area contributed by atoms with E-state index in [0.29, 0.717) is 12.1 Å². The molecule has 0 atom stereocenters. The molecule has 0 unspecified atom stereocenters. The van der Waals surface area contributed by atoms with Crippen LogP contribution in [0.3, 0.4) is 0 Å². The van der Waals surface area contributed by atoms with E-state index in [9.17, 15) is 4.79 Å². The summed E-state index contributed by atoms with van der Waals surface area (Å²) in [6.45, 7) is 1.34. The molecule has 27 heavy (non-hydrogen) atoms. The average Bonchev–Trinajstić information content (AvgIpc) is 2.73. The molecule has 5 nitrogen and oxygen atoms in total. The van der Waals surface area contributed by atoms with E-state index in [2.05, 4.69) is 11.1 Å². The van der Waals surface area contributed by atoms with Gasteiger partial charge in [-0.15, -0.1) is 0 Å². The summed E-state index contributed by atoms with van der Waals surface area (Å²) in [5.41, 5.74) is 3.14. The number of pyridine rings is 1. The summed E-state index contributed by atoms with van der Waals surface area (Å²) in [6, 6.07) is 7.85. The van der Waals surface area contributed by atoms with E-state index in [1.807, 2.05) is 23.1 Å². The second-order valence-electron chi connectivity index (χ2n) is 7.61. The van der Waals surface area contributed by atoms with E-state index in [0.717, 1.165) is 36.4 Å². The summed E-state index contributed by atoms with van der Waals surface area (Å²) in [4.78, 5) is 19.2. The molecule has 1 spiro atoms. The Labute approximate surface area is 160 Å². The molecule has 5 heteroatoms. The third-order valence-corrected chi connectivity index (χ3v) is 6.04. The Bertz CT molecular complexity index is 829. The first-order valence-electron chi connectivity index (χ1n) is 9.61. The molecule has 2 aliphatic rings. The third kappa shape index (κ3) is 3.15. The van der Waals surface area contributed by atoms with Gasteiger partial charge < -0.3 is 14.4 Å². The number of rotatable bonds is 3. The molecule has 0 saturated heterocycles. The normalized spacial score (nSPS) is 18.1. The first-order chi connectivity index (χ1) is 13.2. The fraction of sp³-hybridized carbons (Fsp3) is 0.455. The molecule has 1 aliphatic carbocycles. The highest BCUT2D eigenvalue weighted by atomic mass is 16.5. The van der Waals surface area contributed by atoms with Crippen molar-refractivity contribution in [2.45, 2.75) is 44.1 Å². The Morgan fingerprint density at radius 2 is 1.85 bits per heavy atom. The lowest BCUT2D eigenvalue weighted by Crippen LogP contribution is -2.49. The van der Waals surface area contributed by atoms with Gasteiger partial charge in [-0.3, -0.25) is 9.78 Å². The van der Waals surface area contributed by atoms with Crippen LogP contribution in [-0.4, -0.2) is 36.6 Å². The zero-order chi connectivity index (χ0) is 18.9. The number of fused-ring (bicyclic) bond motifs is 2. The standard InChI is InChI=1S/C22H26N2O3/c1-26-19-11-17-14-24(21(25)16-7-6-10-23-13-16)15-22(8-4-3-5-9-22)18(17)12-20(19)27-2/h6-7,10-13H,3-5,8-9,14-15H2,1-2H3. The van der Waals surface area contributed by atoms with Crippen LogP contribution < -0.4 is 9.47 Å². The Morgan fingerprint density at radius 3 is 2.52 bits per heavy atom. The summed E-state index contributed by atoms with van der Waals surface area (Å²) in [5.74, 6) is 1.54. The van der Waals surface area contributed by atoms with Crippen LogP contribution in [-0.2, 0) is 12.0 Å². The lowest BCUT2D eigenvalue weighted by Gasteiger charge is -2.46. The SMILES string of the molecule is COc1cc2c(cc1OC)C1(CCCCC1)CN(C(=O)c1cccnc1)C2. The number of amides is 1. The second kappa shape index (κ2) is 7.22. The van der Waals surface area contributed by atoms with Crippen molar-refractivity contribution >= 4 is 5.91 Å². The minimum atomic E-state index is 0.00323. The Hall–Kier alpha value is -2.56. The van der Waals surface area contributed by atoms with Crippen molar-refractivity contribution in [2.75, 3.05) is 20.8 Å². The van der Waals surface area contributed by atoms with Crippen molar-refractivity contribution in [1.29, 1.82) is 0 Å². The topological polar surface area (TPSA) is 51.7 Å². The van der Waals surface area contributed by atoms with Gasteiger partial charge in [-0.25, -0.2) is 0 Å². The third-order valence-electron chi connectivity index (χ3n) is 6.04. The zero-order valence-corrected chi connectivity index (χ0v) is 16.0. The van der Waals surface area contributed by atoms with Crippen molar-refractivity contribution < 1.29 is 14.3 Å². The fourth-order valence-corrected chi connectivity index (χ4v) is 4.73. The van der Waals surface area contributed by atoms with Crippen molar-refractivity contribution in [1.82, 2.24) is 9.88 Å². The van der Waals surface area contributed by atoms with Crippen LogP contribution in [0.5, 0.6) is 11.5 Å². The summed E-state index contributed by atoms with van der Waals surface area (Å²) in [5, 5.41) is 0. The largest absolute Gasteiger partial charge is 0.493 e. The molecule has 142 valence electrons. The van der Waals surface area contributed by atoms with Gasteiger partial charge in [0, 0.05) is 30.9 Å². The van der Waals surface area contributed by atoms with Gasteiger partial charge in [0.05, 0.1) is 19.8 Å². The summed E-state index contributed by atoms with van der Waals surface area (Å²) >= 11 is 0. The van der Waals surface area contributed by atoms with Crippen molar-refractivity contribution in [3.05, 3.63) is 53.3 Å². The van der Waals surface area contributed by atoms with Crippen LogP contribution >= 0.6 is 0 Å². The molecule has 0 N–H and O–H groups in total. The maximum Gasteiger partial charge on any atom is 0.255 e. The number of aromatic nitrogens is 1. The van der Waals surface area contributed by atoms with Gasteiger partial charge in [-0.1, -0.05) is 19.3 Å². The van der Waals surface area contributed by atoms with Crippen LogP contribution in [0.25, 0.3) is 0 Å². The predicted octanol–water partition coefficient (Wildman–Crippen LogP) is 3.96. The van der Waals surface area contributed by atoms with E-state index in [1.54, 1.807) is 26.6 Å². The van der Waals surface area contributed by atoms with Gasteiger partial charge in [-0.05, 0) is 48.2 Å². The number of carbonyl (C=O) groups excluding carboxylic acids is 1. The highest BCUT2D eigenvalue weighted by Gasteiger charge is 2.42. The smallest absolute Gasteiger partial charge is 0.255 e. The molecule has 2 aromatic rings. The van der Waals surface area contributed by atoms with Crippen LogP contribution in [0, 0.1) is 0 Å². The second-order valence-corrected chi connectivity index (χ2v) is 7.61. The molecular weight excluding hydrogens is 340 g/mol. The first kappa shape index (κ1) is 17.8. The minimum absolute atomic E-state index is 0.00323. The monoisotopic (exact) mass is 366 g/mol. The van der Waals surface area contributed by atoms with Crippen molar-refractivity contribution in [3.63, 3.8) is 0 Å². The van der Waals surface area contributed by atoms with Gasteiger partial charge >= 0.3 is 0 Å². The first-order valence-corrected chi connectivity index (χ1v) is 9.61. The summed E-state index contributed by atoms with van der Waals surface area (Å²) in [6.07, 6.45) is 9.22. The van der Waals surface area contributed by atoms with Crippen LogP contribution in [0.1, 0.15) is 53.6 Å². The molecule has 2 heterocycles. The maximum absolute atomic E-state index is 13.1. The maximum atomic E-state index is 13.1.